The maximum atomic E-state index is 12.8. The zero-order valence-electron chi connectivity index (χ0n) is 14.5. The molecule has 6 heteroatoms. The molecule has 24 heavy (non-hydrogen) atoms. The van der Waals surface area contributed by atoms with Crippen LogP contribution in [0.3, 0.4) is 0 Å². The SMILES string of the molecule is COCC1(C(=O)Nc2ccc(N3CCCCC3)nc2)CCNCC1. The third-order valence-electron chi connectivity index (χ3n) is 5.15. The van der Waals surface area contributed by atoms with E-state index in [0.717, 1.165) is 50.5 Å². The van der Waals surface area contributed by atoms with E-state index in [0.29, 0.717) is 6.61 Å². The first kappa shape index (κ1) is 17.2. The molecule has 6 nitrogen and oxygen atoms in total. The van der Waals surface area contributed by atoms with Gasteiger partial charge in [0.15, 0.2) is 0 Å². The summed E-state index contributed by atoms with van der Waals surface area (Å²) in [5, 5.41) is 6.35. The van der Waals surface area contributed by atoms with Gasteiger partial charge in [0, 0.05) is 20.2 Å². The van der Waals surface area contributed by atoms with Crippen LogP contribution in [-0.2, 0) is 9.53 Å². The molecular weight excluding hydrogens is 304 g/mol. The number of amides is 1. The average Bonchev–Trinajstić information content (AvgIpc) is 2.64. The van der Waals surface area contributed by atoms with E-state index in [1.165, 1.54) is 19.3 Å². The van der Waals surface area contributed by atoms with Crippen molar-refractivity contribution in [2.75, 3.05) is 50.1 Å². The number of rotatable bonds is 5. The van der Waals surface area contributed by atoms with Crippen molar-refractivity contribution in [3.8, 4) is 0 Å². The second-order valence-corrected chi connectivity index (χ2v) is 6.87. The lowest BCUT2D eigenvalue weighted by molar-refractivity contribution is -0.130. The fourth-order valence-electron chi connectivity index (χ4n) is 3.65. The van der Waals surface area contributed by atoms with Crippen LogP contribution in [0.1, 0.15) is 32.1 Å². The Morgan fingerprint density at radius 1 is 1.29 bits per heavy atom. The second kappa shape index (κ2) is 7.94. The van der Waals surface area contributed by atoms with Crippen LogP contribution >= 0.6 is 0 Å². The van der Waals surface area contributed by atoms with Crippen molar-refractivity contribution >= 4 is 17.4 Å². The Balaban J connectivity index is 1.64. The lowest BCUT2D eigenvalue weighted by Gasteiger charge is -2.35. The van der Waals surface area contributed by atoms with Gasteiger partial charge in [0.25, 0.3) is 0 Å². The number of methoxy groups -OCH3 is 1. The minimum absolute atomic E-state index is 0.0402. The van der Waals surface area contributed by atoms with E-state index < -0.39 is 5.41 Å². The van der Waals surface area contributed by atoms with Crippen molar-refractivity contribution < 1.29 is 9.53 Å². The van der Waals surface area contributed by atoms with Gasteiger partial charge in [0.05, 0.1) is 23.9 Å². The summed E-state index contributed by atoms with van der Waals surface area (Å²) in [5.74, 6) is 1.04. The average molecular weight is 332 g/mol. The molecule has 0 spiro atoms. The highest BCUT2D eigenvalue weighted by Gasteiger charge is 2.39. The quantitative estimate of drug-likeness (QED) is 0.864. The molecule has 0 saturated carbocycles. The van der Waals surface area contributed by atoms with Crippen molar-refractivity contribution in [3.05, 3.63) is 18.3 Å². The molecule has 0 atom stereocenters. The first-order chi connectivity index (χ1) is 11.7. The van der Waals surface area contributed by atoms with Crippen LogP contribution in [0.2, 0.25) is 0 Å². The molecule has 0 aliphatic carbocycles. The molecule has 132 valence electrons. The van der Waals surface area contributed by atoms with Gasteiger partial charge in [-0.25, -0.2) is 4.98 Å². The van der Waals surface area contributed by atoms with Gasteiger partial charge in [-0.1, -0.05) is 0 Å². The van der Waals surface area contributed by atoms with Gasteiger partial charge in [-0.15, -0.1) is 0 Å². The summed E-state index contributed by atoms with van der Waals surface area (Å²) in [6, 6.07) is 3.96. The van der Waals surface area contributed by atoms with Crippen LogP contribution in [0.4, 0.5) is 11.5 Å². The number of carbonyl (C=O) groups excluding carboxylic acids is 1. The predicted molar refractivity (Wildman–Crippen MR) is 95.3 cm³/mol. The molecule has 2 N–H and O–H groups in total. The van der Waals surface area contributed by atoms with Gasteiger partial charge in [-0.05, 0) is 57.3 Å². The molecule has 0 unspecified atom stereocenters. The summed E-state index contributed by atoms with van der Waals surface area (Å²) in [6.07, 6.45) is 7.13. The van der Waals surface area contributed by atoms with E-state index in [-0.39, 0.29) is 5.91 Å². The topological polar surface area (TPSA) is 66.5 Å². The Kier molecular flexibility index (Phi) is 5.68. The molecule has 3 heterocycles. The lowest BCUT2D eigenvalue weighted by Crippen LogP contribution is -2.47. The van der Waals surface area contributed by atoms with E-state index in [4.69, 9.17) is 4.74 Å². The Labute approximate surface area is 144 Å². The molecule has 2 aliphatic rings. The molecule has 2 fully saturated rings. The molecule has 0 bridgehead atoms. The highest BCUT2D eigenvalue weighted by atomic mass is 16.5. The summed E-state index contributed by atoms with van der Waals surface area (Å²) < 4.78 is 5.33. The lowest BCUT2D eigenvalue weighted by atomic mass is 9.78. The second-order valence-electron chi connectivity index (χ2n) is 6.87. The van der Waals surface area contributed by atoms with Gasteiger partial charge in [-0.3, -0.25) is 4.79 Å². The number of nitrogens with one attached hydrogen (secondary N) is 2. The zero-order chi connectivity index (χ0) is 16.8. The molecule has 2 aliphatic heterocycles. The third kappa shape index (κ3) is 3.87. The standard InChI is InChI=1S/C18H28N4O2/c1-24-14-18(7-9-19-10-8-18)17(23)21-15-5-6-16(20-13-15)22-11-3-2-4-12-22/h5-6,13,19H,2-4,7-12,14H2,1H3,(H,21,23). The van der Waals surface area contributed by atoms with Crippen molar-refractivity contribution in [3.63, 3.8) is 0 Å². The highest BCUT2D eigenvalue weighted by molar-refractivity contribution is 5.95. The summed E-state index contributed by atoms with van der Waals surface area (Å²) in [6.45, 7) is 4.30. The number of hydrogen-bond acceptors (Lipinski definition) is 5. The Hall–Kier alpha value is -1.66. The van der Waals surface area contributed by atoms with Crippen LogP contribution in [0, 0.1) is 5.41 Å². The van der Waals surface area contributed by atoms with Crippen LogP contribution in [-0.4, -0.2) is 50.8 Å². The number of anilines is 2. The van der Waals surface area contributed by atoms with E-state index in [1.807, 2.05) is 12.1 Å². The summed E-state index contributed by atoms with van der Waals surface area (Å²) in [5.41, 5.74) is 0.320. The van der Waals surface area contributed by atoms with E-state index in [2.05, 4.69) is 20.5 Å². The van der Waals surface area contributed by atoms with Crippen LogP contribution in [0.25, 0.3) is 0 Å². The highest BCUT2D eigenvalue weighted by Crippen LogP contribution is 2.31. The number of nitrogens with zero attached hydrogens (tertiary/aromatic N) is 2. The van der Waals surface area contributed by atoms with Gasteiger partial charge in [0.2, 0.25) is 5.91 Å². The number of carbonyl (C=O) groups is 1. The molecule has 1 aromatic rings. The monoisotopic (exact) mass is 332 g/mol. The maximum absolute atomic E-state index is 12.8. The van der Waals surface area contributed by atoms with Gasteiger partial charge in [-0.2, -0.15) is 0 Å². The van der Waals surface area contributed by atoms with Crippen LogP contribution < -0.4 is 15.5 Å². The fraction of sp³-hybridized carbons (Fsp3) is 0.667. The third-order valence-corrected chi connectivity index (χ3v) is 5.15. The first-order valence-electron chi connectivity index (χ1n) is 8.96. The van der Waals surface area contributed by atoms with Crippen LogP contribution in [0.15, 0.2) is 18.3 Å². The molecular formula is C18H28N4O2. The van der Waals surface area contributed by atoms with Crippen molar-refractivity contribution in [1.82, 2.24) is 10.3 Å². The largest absolute Gasteiger partial charge is 0.384 e. The summed E-state index contributed by atoms with van der Waals surface area (Å²) in [4.78, 5) is 19.7. The molecule has 1 aromatic heterocycles. The maximum Gasteiger partial charge on any atom is 0.233 e. The van der Waals surface area contributed by atoms with Crippen molar-refractivity contribution in [1.29, 1.82) is 0 Å². The van der Waals surface area contributed by atoms with Gasteiger partial charge >= 0.3 is 0 Å². The van der Waals surface area contributed by atoms with Crippen molar-refractivity contribution in [2.24, 2.45) is 5.41 Å². The Morgan fingerprint density at radius 3 is 2.67 bits per heavy atom. The Morgan fingerprint density at radius 2 is 2.04 bits per heavy atom. The molecule has 1 amide bonds. The fourth-order valence-corrected chi connectivity index (χ4v) is 3.65. The van der Waals surface area contributed by atoms with Gasteiger partial charge in [0.1, 0.15) is 5.82 Å². The van der Waals surface area contributed by atoms with E-state index in [1.54, 1.807) is 13.3 Å². The van der Waals surface area contributed by atoms with Crippen LogP contribution in [0.5, 0.6) is 0 Å². The smallest absolute Gasteiger partial charge is 0.233 e. The van der Waals surface area contributed by atoms with E-state index in [9.17, 15) is 4.79 Å². The molecule has 3 rings (SSSR count). The molecule has 2 saturated heterocycles. The summed E-state index contributed by atoms with van der Waals surface area (Å²) in [7, 11) is 1.66. The summed E-state index contributed by atoms with van der Waals surface area (Å²) >= 11 is 0. The first-order valence-corrected chi connectivity index (χ1v) is 8.96. The number of pyridine rings is 1. The molecule has 0 aromatic carbocycles. The number of ether oxygens (including phenoxy) is 1. The van der Waals surface area contributed by atoms with Gasteiger partial charge < -0.3 is 20.3 Å². The van der Waals surface area contributed by atoms with Crippen molar-refractivity contribution in [2.45, 2.75) is 32.1 Å². The minimum Gasteiger partial charge on any atom is -0.384 e. The van der Waals surface area contributed by atoms with E-state index >= 15 is 0 Å². The predicted octanol–water partition coefficient (Wildman–Crippen LogP) is 2.03. The number of aromatic nitrogens is 1. The number of hydrogen-bond donors (Lipinski definition) is 2. The zero-order valence-corrected chi connectivity index (χ0v) is 14.5. The molecule has 0 radical (unpaired) electrons. The Bertz CT molecular complexity index is 529. The minimum atomic E-state index is -0.439. The normalized spacial score (nSPS) is 20.6. The number of piperidine rings is 2.